The largest absolute Gasteiger partial charge is 0.392 e. The van der Waals surface area contributed by atoms with Crippen LogP contribution >= 0.6 is 0 Å². The van der Waals surface area contributed by atoms with Crippen LogP contribution in [-0.4, -0.2) is 129 Å². The van der Waals surface area contributed by atoms with Gasteiger partial charge in [-0.2, -0.15) is 20.6 Å². The van der Waals surface area contributed by atoms with Crippen molar-refractivity contribution in [2.75, 3.05) is 67.1 Å². The first kappa shape index (κ1) is 56.3. The molecule has 8 N–H and O–H groups in total. The van der Waals surface area contributed by atoms with Gasteiger partial charge in [-0.1, -0.05) is 27.7 Å². The van der Waals surface area contributed by atoms with Crippen LogP contribution in [0.25, 0.3) is 67.3 Å². The van der Waals surface area contributed by atoms with Crippen LogP contribution in [0.2, 0.25) is 0 Å². The molecule has 12 heterocycles. The van der Waals surface area contributed by atoms with Gasteiger partial charge < -0.3 is 36.0 Å². The third-order valence-electron chi connectivity index (χ3n) is 15.6. The quantitative estimate of drug-likeness (QED) is 0.0533. The van der Waals surface area contributed by atoms with E-state index in [9.17, 15) is 19.9 Å². The molecule has 20 nitrogen and oxygen atoms in total. The summed E-state index contributed by atoms with van der Waals surface area (Å²) in [6, 6.07) is 25.2. The number of anilines is 3. The minimum atomic E-state index is -0.388. The number of H-pyrrole nitrogens is 3. The second-order valence-electron chi connectivity index (χ2n) is 22.3. The van der Waals surface area contributed by atoms with E-state index in [4.69, 9.17) is 15.7 Å². The average molecular weight is 1110 g/mol. The summed E-state index contributed by atoms with van der Waals surface area (Å²) in [6.07, 6.45) is 11.0. The van der Waals surface area contributed by atoms with E-state index in [2.05, 4.69) is 104 Å². The summed E-state index contributed by atoms with van der Waals surface area (Å²) >= 11 is 0. The van der Waals surface area contributed by atoms with Crippen molar-refractivity contribution in [3.63, 3.8) is 0 Å². The van der Waals surface area contributed by atoms with Crippen molar-refractivity contribution in [1.82, 2.24) is 65.8 Å². The molecule has 9 aromatic rings. The maximum Gasteiger partial charge on any atom is 0.181 e. The zero-order chi connectivity index (χ0) is 56.4. The highest BCUT2D eigenvalue weighted by molar-refractivity contribution is 5.91. The number of nitriles is 1. The molecule has 12 rings (SSSR count). The summed E-state index contributed by atoms with van der Waals surface area (Å²) in [5.74, 6) is 4.84. The molecule has 0 amide bonds. The number of hydrogen-bond acceptors (Lipinski definition) is 17. The fraction of sp³-hybridized carbons (Fsp3) is 0.433. The number of aliphatic hydroxyl groups excluding tert-OH is 2. The predicted octanol–water partition coefficient (Wildman–Crippen LogP) is 10.1. The van der Waals surface area contributed by atoms with Crippen LogP contribution in [0.15, 0.2) is 91.4 Å². The molecule has 0 radical (unpaired) electrons. The molecule has 21 heteroatoms. The van der Waals surface area contributed by atoms with Gasteiger partial charge in [0.1, 0.15) is 23.1 Å². The fourth-order valence-electron chi connectivity index (χ4n) is 11.5. The maximum atomic E-state index is 14.7. The van der Waals surface area contributed by atoms with Crippen LogP contribution in [0.1, 0.15) is 85.9 Å². The standard InChI is InChI=1S/C22H25FN6.C20H26N6O.C18H22N6O.6H2/c1-14(2)12-16-13-29(11-8-15(16)7-9-24)19-6-5-18(23)21(26-19)20-17-4-3-10-25-22(17)28-27-20;1-13(2)8-15-11-26(7-6-21-15)18-10-14(12-27)9-17(23-18)19-16-4-3-5-22-20(16)25-24-19;19-10-12-3-6-24(7-4-12)16-9-13(11-25)8-15(21-16)17-14-2-1-5-20-18(14)23-22-17;;;;;;/h3-6,10,14-16H,7-8,11-13H2,1-2H3,(H,25,27,28);3-5,9-10,13,15,21,27H,6-8,11-12H2,1-2H3,(H,22,24,25);1-2,5,8-9,12,25H,3-4,6-7,10-11,19H2,(H,20,22,23);6*1H/t;15-;;;;;;;/m.0......./s1. The van der Waals surface area contributed by atoms with Crippen molar-refractivity contribution in [2.45, 2.75) is 85.5 Å². The van der Waals surface area contributed by atoms with E-state index in [1.54, 1.807) is 30.7 Å². The van der Waals surface area contributed by atoms with Crippen molar-refractivity contribution >= 4 is 50.6 Å². The molecule has 434 valence electrons. The van der Waals surface area contributed by atoms with Gasteiger partial charge in [0.05, 0.1) is 47.8 Å². The first-order valence-corrected chi connectivity index (χ1v) is 28.3. The van der Waals surface area contributed by atoms with Gasteiger partial charge >= 0.3 is 0 Å². The number of rotatable bonds is 14. The van der Waals surface area contributed by atoms with Crippen LogP contribution in [0.3, 0.4) is 0 Å². The van der Waals surface area contributed by atoms with E-state index >= 15 is 0 Å². The molecular weight excluding hydrogens is 1020 g/mol. The number of fused-ring (bicyclic) bond motifs is 3. The molecule has 3 atom stereocenters. The Morgan fingerprint density at radius 1 is 0.642 bits per heavy atom. The van der Waals surface area contributed by atoms with E-state index in [0.717, 1.165) is 152 Å². The molecule has 0 bridgehead atoms. The van der Waals surface area contributed by atoms with Gasteiger partial charge in [0.2, 0.25) is 0 Å². The Morgan fingerprint density at radius 2 is 1.17 bits per heavy atom. The summed E-state index contributed by atoms with van der Waals surface area (Å²) in [7, 11) is 0. The Hall–Kier alpha value is -8.03. The Balaban J connectivity index is 0.000000271. The molecule has 9 aromatic heterocycles. The summed E-state index contributed by atoms with van der Waals surface area (Å²) in [5, 5.41) is 56.5. The van der Waals surface area contributed by atoms with Crippen LogP contribution in [-0.2, 0) is 13.2 Å². The highest BCUT2D eigenvalue weighted by atomic mass is 19.1. The second-order valence-corrected chi connectivity index (χ2v) is 22.3. The SMILES string of the molecule is CC(C)CC1CN(c2ccc(F)c(-c3[nH]nc4ncccc34)n2)CCC1CC#N.CC(C)C[C@H]1CN(c2cc(CO)cc(-c3[nH]nc4ncccc34)n2)CCN1.NCC1CCN(c2cc(CO)cc(-c3[nH]nc4ncccc34)n2)CC1.[HH].[HH].[HH].[HH].[HH].[HH]. The molecule has 0 aromatic carbocycles. The number of hydrogen-bond donors (Lipinski definition) is 7. The molecule has 81 heavy (non-hydrogen) atoms. The Bertz CT molecular complexity index is 3600. The second kappa shape index (κ2) is 26.0. The zero-order valence-electron chi connectivity index (χ0n) is 46.6. The maximum absolute atomic E-state index is 14.7. The zero-order valence-corrected chi connectivity index (χ0v) is 46.6. The Kier molecular flexibility index (Phi) is 18.1. The summed E-state index contributed by atoms with van der Waals surface area (Å²) < 4.78 is 14.7. The van der Waals surface area contributed by atoms with Gasteiger partial charge in [0, 0.05) is 102 Å². The average Bonchev–Trinajstić information content (AvgIpc) is 3.39. The van der Waals surface area contributed by atoms with Gasteiger partial charge in [0.25, 0.3) is 0 Å². The molecule has 2 unspecified atom stereocenters. The molecule has 3 fully saturated rings. The third kappa shape index (κ3) is 13.3. The first-order chi connectivity index (χ1) is 39.5. The van der Waals surface area contributed by atoms with Gasteiger partial charge in [-0.25, -0.2) is 34.3 Å². The number of aromatic amines is 3. The van der Waals surface area contributed by atoms with E-state index < -0.39 is 0 Å². The summed E-state index contributed by atoms with van der Waals surface area (Å²) in [5.41, 5.74) is 13.4. The highest BCUT2D eigenvalue weighted by Crippen LogP contribution is 2.36. The number of halogens is 1. The number of nitrogens with two attached hydrogens (primary N) is 1. The Labute approximate surface area is 479 Å². The summed E-state index contributed by atoms with van der Waals surface area (Å²) in [6.45, 7) is 15.9. The molecular formula is C60H85FN18O2. The van der Waals surface area contributed by atoms with Gasteiger partial charge in [-0.3, -0.25) is 15.3 Å². The monoisotopic (exact) mass is 1110 g/mol. The lowest BCUT2D eigenvalue weighted by atomic mass is 9.79. The van der Waals surface area contributed by atoms with Crippen molar-refractivity contribution in [2.24, 2.45) is 35.3 Å². The number of piperidine rings is 2. The van der Waals surface area contributed by atoms with E-state index in [1.807, 2.05) is 54.6 Å². The van der Waals surface area contributed by atoms with Crippen LogP contribution in [0.4, 0.5) is 21.8 Å². The number of piperazine rings is 1. The molecule has 0 spiro atoms. The lowest BCUT2D eigenvalue weighted by molar-refractivity contribution is 0.243. The van der Waals surface area contributed by atoms with E-state index in [1.165, 1.54) is 6.07 Å². The third-order valence-corrected chi connectivity index (χ3v) is 15.6. The van der Waals surface area contributed by atoms with Gasteiger partial charge in [-0.05, 0) is 152 Å². The van der Waals surface area contributed by atoms with Crippen LogP contribution in [0, 0.1) is 46.7 Å². The lowest BCUT2D eigenvalue weighted by Gasteiger charge is -2.39. The van der Waals surface area contributed by atoms with Gasteiger partial charge in [-0.15, -0.1) is 0 Å². The minimum absolute atomic E-state index is 0. The molecule has 0 saturated carbocycles. The van der Waals surface area contributed by atoms with Crippen molar-refractivity contribution in [3.05, 3.63) is 108 Å². The van der Waals surface area contributed by atoms with E-state index in [0.29, 0.717) is 64.7 Å². The fourth-order valence-corrected chi connectivity index (χ4v) is 11.5. The normalized spacial score (nSPS) is 17.8. The molecule has 3 aliphatic rings. The minimum Gasteiger partial charge on any atom is -0.392 e. The number of nitrogens with one attached hydrogen (secondary N) is 4. The van der Waals surface area contributed by atoms with Crippen molar-refractivity contribution in [1.29, 1.82) is 5.26 Å². The smallest absolute Gasteiger partial charge is 0.181 e. The van der Waals surface area contributed by atoms with Crippen LogP contribution < -0.4 is 25.8 Å². The first-order valence-electron chi connectivity index (χ1n) is 28.3. The van der Waals surface area contributed by atoms with Crippen LogP contribution in [0.5, 0.6) is 0 Å². The molecule has 3 aliphatic heterocycles. The van der Waals surface area contributed by atoms with Crippen molar-refractivity contribution < 1.29 is 23.2 Å². The number of nitrogens with zero attached hydrogens (tertiary/aromatic N) is 13. The molecule has 3 saturated heterocycles. The number of pyridine rings is 6. The van der Waals surface area contributed by atoms with Crippen molar-refractivity contribution in [3.8, 4) is 40.2 Å². The van der Waals surface area contributed by atoms with E-state index in [-0.39, 0.29) is 33.3 Å². The number of aromatic nitrogens is 12. The Morgan fingerprint density at radius 3 is 1.72 bits per heavy atom. The predicted molar refractivity (Wildman–Crippen MR) is 327 cm³/mol. The highest BCUT2D eigenvalue weighted by Gasteiger charge is 2.31. The topological polar surface area (TPSA) is 275 Å². The summed E-state index contributed by atoms with van der Waals surface area (Å²) in [4.78, 5) is 33.9. The lowest BCUT2D eigenvalue weighted by Crippen LogP contribution is -2.51. The number of aliphatic hydroxyl groups is 2. The van der Waals surface area contributed by atoms with Gasteiger partial charge in [0.15, 0.2) is 22.8 Å². The molecule has 0 aliphatic carbocycles.